The molecule has 8 nitrogen and oxygen atoms in total. The van der Waals surface area contributed by atoms with Gasteiger partial charge in [0.15, 0.2) is 0 Å². The zero-order valence-corrected chi connectivity index (χ0v) is 26.1. The number of hydrogen-bond donors (Lipinski definition) is 3. The largest absolute Gasteiger partial charge is 0.362 e. The Balaban J connectivity index is 1.10. The summed E-state index contributed by atoms with van der Waals surface area (Å²) in [4.78, 5) is 11.9. The molecule has 0 radical (unpaired) electrons. The molecule has 9 heteroatoms. The Morgan fingerprint density at radius 3 is 2.20 bits per heavy atom. The number of anilines is 2. The quantitative estimate of drug-likeness (QED) is 0.176. The second-order valence-corrected chi connectivity index (χ2v) is 13.6. The molecular weight excluding hydrogens is 568 g/mol. The summed E-state index contributed by atoms with van der Waals surface area (Å²) in [6.07, 6.45) is 4.54. The number of benzene rings is 4. The zero-order valence-electron chi connectivity index (χ0n) is 25.3. The molecule has 1 heterocycles. The second kappa shape index (κ2) is 13.3. The van der Waals surface area contributed by atoms with Gasteiger partial charge < -0.3 is 15.5 Å². The van der Waals surface area contributed by atoms with Crippen molar-refractivity contribution in [3.8, 4) is 0 Å². The molecule has 0 saturated heterocycles. The maximum atomic E-state index is 13.7. The van der Waals surface area contributed by atoms with E-state index in [2.05, 4.69) is 21.4 Å². The topological polar surface area (TPSA) is 99.3 Å². The van der Waals surface area contributed by atoms with Crippen molar-refractivity contribution in [1.29, 1.82) is 0 Å². The number of para-hydroxylation sites is 1. The van der Waals surface area contributed by atoms with Gasteiger partial charge in [0.25, 0.3) is 0 Å². The maximum absolute atomic E-state index is 13.7. The zero-order chi connectivity index (χ0) is 30.5. The van der Waals surface area contributed by atoms with Gasteiger partial charge in [0.2, 0.25) is 16.0 Å². The average Bonchev–Trinajstić information content (AvgIpc) is 3.04. The summed E-state index contributed by atoms with van der Waals surface area (Å²) in [6, 6.07) is 31.5. The van der Waals surface area contributed by atoms with Crippen LogP contribution in [-0.2, 0) is 16.4 Å². The van der Waals surface area contributed by atoms with E-state index in [0.717, 1.165) is 58.7 Å². The van der Waals surface area contributed by atoms with Crippen molar-refractivity contribution in [3.63, 3.8) is 0 Å². The van der Waals surface area contributed by atoms with Crippen LogP contribution in [0, 0.1) is 0 Å². The van der Waals surface area contributed by atoms with Crippen LogP contribution in [0.5, 0.6) is 0 Å². The van der Waals surface area contributed by atoms with Crippen LogP contribution in [0.4, 0.5) is 11.8 Å². The predicted molar refractivity (Wildman–Crippen MR) is 180 cm³/mol. The molecule has 0 aliphatic heterocycles. The van der Waals surface area contributed by atoms with Crippen LogP contribution in [0.3, 0.4) is 0 Å². The average molecular weight is 609 g/mol. The van der Waals surface area contributed by atoms with Crippen LogP contribution in [0.15, 0.2) is 102 Å². The molecule has 1 aromatic heterocycles. The van der Waals surface area contributed by atoms with Crippen LogP contribution in [-0.4, -0.2) is 57.2 Å². The highest BCUT2D eigenvalue weighted by Gasteiger charge is 2.26. The minimum atomic E-state index is -3.75. The highest BCUT2D eigenvalue weighted by Crippen LogP contribution is 2.27. The third kappa shape index (κ3) is 7.01. The number of sulfonamides is 1. The number of nitrogens with one attached hydrogen (secondary N) is 3. The smallest absolute Gasteiger partial charge is 0.241 e. The summed E-state index contributed by atoms with van der Waals surface area (Å²) in [5.41, 5.74) is 2.03. The molecule has 1 aliphatic rings. The molecule has 44 heavy (non-hydrogen) atoms. The van der Waals surface area contributed by atoms with Crippen molar-refractivity contribution >= 4 is 43.5 Å². The lowest BCUT2D eigenvalue weighted by Gasteiger charge is -2.31. The van der Waals surface area contributed by atoms with Gasteiger partial charge in [-0.25, -0.2) is 18.1 Å². The number of fused-ring (bicyclic) bond motifs is 2. The third-order valence-corrected chi connectivity index (χ3v) is 9.98. The number of nitrogens with zero attached hydrogens (tertiary/aromatic N) is 3. The summed E-state index contributed by atoms with van der Waals surface area (Å²) in [6.45, 7) is 0.543. The molecule has 4 aromatic carbocycles. The summed E-state index contributed by atoms with van der Waals surface area (Å²) in [5.74, 6) is 1.57. The van der Waals surface area contributed by atoms with Crippen molar-refractivity contribution in [3.05, 3.63) is 103 Å². The van der Waals surface area contributed by atoms with E-state index in [-0.39, 0.29) is 12.1 Å². The fourth-order valence-electron chi connectivity index (χ4n) is 6.17. The first-order valence-corrected chi connectivity index (χ1v) is 16.8. The molecule has 3 N–H and O–H groups in total. The van der Waals surface area contributed by atoms with E-state index in [1.165, 1.54) is 0 Å². The van der Waals surface area contributed by atoms with Crippen LogP contribution >= 0.6 is 0 Å². The summed E-state index contributed by atoms with van der Waals surface area (Å²) >= 11 is 0. The van der Waals surface area contributed by atoms with Crippen molar-refractivity contribution in [2.24, 2.45) is 0 Å². The molecule has 1 saturated carbocycles. The lowest BCUT2D eigenvalue weighted by atomic mass is 9.91. The molecule has 6 rings (SSSR count). The van der Waals surface area contributed by atoms with Crippen LogP contribution in [0.25, 0.3) is 21.7 Å². The first-order valence-electron chi connectivity index (χ1n) is 15.3. The molecule has 0 amide bonds. The van der Waals surface area contributed by atoms with Crippen molar-refractivity contribution < 1.29 is 8.42 Å². The predicted octanol–water partition coefficient (Wildman–Crippen LogP) is 5.75. The first-order chi connectivity index (χ1) is 21.4. The first kappa shape index (κ1) is 30.0. The minimum Gasteiger partial charge on any atom is -0.362 e. The Bertz CT molecular complexity index is 1820. The van der Waals surface area contributed by atoms with Gasteiger partial charge in [-0.15, -0.1) is 0 Å². The molecule has 1 aliphatic carbocycles. The molecular formula is C35H40N6O2S. The van der Waals surface area contributed by atoms with Gasteiger partial charge in [-0.05, 0) is 61.3 Å². The number of rotatable bonds is 11. The Morgan fingerprint density at radius 1 is 0.773 bits per heavy atom. The summed E-state index contributed by atoms with van der Waals surface area (Å²) in [5, 5.41) is 9.95. The highest BCUT2D eigenvalue weighted by molar-refractivity contribution is 7.89. The minimum absolute atomic E-state index is 0.286. The van der Waals surface area contributed by atoms with Gasteiger partial charge in [-0.1, -0.05) is 78.9 Å². The third-order valence-electron chi connectivity index (χ3n) is 8.41. The molecule has 0 unspecified atom stereocenters. The second-order valence-electron chi connectivity index (χ2n) is 11.9. The normalized spacial score (nSPS) is 17.9. The fraction of sp³-hybridized carbons (Fsp3) is 0.314. The number of hydrogen-bond acceptors (Lipinski definition) is 7. The molecule has 1 fully saturated rings. The van der Waals surface area contributed by atoms with Gasteiger partial charge in [-0.3, -0.25) is 0 Å². The van der Waals surface area contributed by atoms with Gasteiger partial charge in [0.05, 0.1) is 10.4 Å². The summed E-state index contributed by atoms with van der Waals surface area (Å²) < 4.78 is 30.4. The fourth-order valence-corrected chi connectivity index (χ4v) is 7.63. The highest BCUT2D eigenvalue weighted by atomic mass is 32.2. The van der Waals surface area contributed by atoms with Gasteiger partial charge in [-0.2, -0.15) is 4.98 Å². The van der Waals surface area contributed by atoms with Crippen LogP contribution in [0.1, 0.15) is 31.2 Å². The van der Waals surface area contributed by atoms with E-state index in [0.29, 0.717) is 29.9 Å². The van der Waals surface area contributed by atoms with Crippen molar-refractivity contribution in [1.82, 2.24) is 20.0 Å². The van der Waals surface area contributed by atoms with Gasteiger partial charge >= 0.3 is 0 Å². The Kier molecular flexibility index (Phi) is 9.07. The Hall–Kier alpha value is -4.05. The Morgan fingerprint density at radius 2 is 1.43 bits per heavy atom. The SMILES string of the molecule is CN(C)c1nc(NC2CCC(NC[C@H](Cc3ccccc3)NS(=O)(=O)c3cccc4ccccc34)CC2)nc2ccccc12. The molecule has 0 spiro atoms. The maximum Gasteiger partial charge on any atom is 0.241 e. The molecule has 5 aromatic rings. The van der Waals surface area contributed by atoms with Gasteiger partial charge in [0, 0.05) is 49.5 Å². The molecule has 0 bridgehead atoms. The van der Waals surface area contributed by atoms with Crippen LogP contribution in [0.2, 0.25) is 0 Å². The monoisotopic (exact) mass is 608 g/mol. The van der Waals surface area contributed by atoms with E-state index < -0.39 is 10.0 Å². The van der Waals surface area contributed by atoms with Gasteiger partial charge in [0.1, 0.15) is 5.82 Å². The van der Waals surface area contributed by atoms with Crippen LogP contribution < -0.4 is 20.3 Å². The lowest BCUT2D eigenvalue weighted by Crippen LogP contribution is -2.47. The van der Waals surface area contributed by atoms with E-state index in [4.69, 9.17) is 9.97 Å². The van der Waals surface area contributed by atoms with E-state index in [1.807, 2.05) is 97.9 Å². The van der Waals surface area contributed by atoms with E-state index >= 15 is 0 Å². The van der Waals surface area contributed by atoms with Crippen molar-refractivity contribution in [2.75, 3.05) is 30.9 Å². The van der Waals surface area contributed by atoms with E-state index in [9.17, 15) is 8.42 Å². The number of aromatic nitrogens is 2. The summed E-state index contributed by atoms with van der Waals surface area (Å²) in [7, 11) is 0.260. The molecule has 1 atom stereocenters. The standard InChI is InChI=1S/C35H40N6O2S/c1-41(2)34-31-16-8-9-17-32(31)38-35(39-34)37-28-21-19-27(20-22-28)36-24-29(23-25-11-4-3-5-12-25)40-44(42,43)33-18-10-14-26-13-6-7-15-30(26)33/h3-18,27-29,36,40H,19-24H2,1-2H3,(H,37,38,39)/t27?,28?,29-/m0/s1. The molecule has 228 valence electrons. The van der Waals surface area contributed by atoms with Crippen molar-refractivity contribution in [2.45, 2.75) is 55.1 Å². The van der Waals surface area contributed by atoms with E-state index in [1.54, 1.807) is 12.1 Å². The Labute approximate surface area is 260 Å². The lowest BCUT2D eigenvalue weighted by molar-refractivity contribution is 0.342.